The summed E-state index contributed by atoms with van der Waals surface area (Å²) in [6.07, 6.45) is 1.41. The van der Waals surface area contributed by atoms with E-state index in [1.165, 1.54) is 12.1 Å². The van der Waals surface area contributed by atoms with Crippen molar-refractivity contribution in [2.45, 2.75) is 68.4 Å². The number of likely N-dealkylation sites (tertiary alicyclic amines) is 2. The molecule has 3 N–H and O–H groups in total. The molecule has 0 spiro atoms. The fraction of sp³-hybridized carbons (Fsp3) is 0.533. The Morgan fingerprint density at radius 3 is 2.49 bits per heavy atom. The van der Waals surface area contributed by atoms with Gasteiger partial charge in [-0.05, 0) is 68.9 Å². The maximum atomic E-state index is 13.0. The van der Waals surface area contributed by atoms with Crippen molar-refractivity contribution in [3.8, 4) is 0 Å². The molecular formula is C30H35F3N6O4. The third-order valence-corrected chi connectivity index (χ3v) is 9.44. The first kappa shape index (κ1) is 29.4. The molecule has 1 aromatic heterocycles. The van der Waals surface area contributed by atoms with Crippen LogP contribution in [0, 0.1) is 0 Å². The molecule has 0 radical (unpaired) electrons. The number of carbonyl (C=O) groups is 3. The summed E-state index contributed by atoms with van der Waals surface area (Å²) in [4.78, 5) is 47.9. The van der Waals surface area contributed by atoms with Crippen LogP contribution in [0.5, 0.6) is 0 Å². The summed E-state index contributed by atoms with van der Waals surface area (Å²) in [5, 5.41) is 16.7. The number of urea groups is 1. The Morgan fingerprint density at radius 1 is 1.05 bits per heavy atom. The first-order valence-corrected chi connectivity index (χ1v) is 14.8. The van der Waals surface area contributed by atoms with Crippen LogP contribution in [-0.4, -0.2) is 88.6 Å². The number of pyridine rings is 1. The van der Waals surface area contributed by atoms with Gasteiger partial charge in [0.15, 0.2) is 0 Å². The van der Waals surface area contributed by atoms with Gasteiger partial charge in [-0.25, -0.2) is 4.79 Å². The number of aliphatic hydroxyl groups is 1. The van der Waals surface area contributed by atoms with Crippen LogP contribution in [0.15, 0.2) is 42.6 Å². The zero-order valence-electron chi connectivity index (χ0n) is 23.6. The summed E-state index contributed by atoms with van der Waals surface area (Å²) in [7, 11) is 0. The van der Waals surface area contributed by atoms with E-state index in [4.69, 9.17) is 0 Å². The standard InChI is InChI=1S/C30H35F3N6O4/c31-30(32,33)20-3-1-2-19(16-20)27(41)36-18-26(40)39-14-9-23-24(39)8-13-37(23)21-6-10-29(43,11-7-21)25-5-4-22(17-35-25)38-15-12-34-28(38)42/h1-5,16-17,21,23-24,43H,6-15,18H2,(H,34,42)(H,36,41)/t21?,23-,24-,29?/m1/s1. The highest BCUT2D eigenvalue weighted by molar-refractivity contribution is 5.96. The molecule has 13 heteroatoms. The van der Waals surface area contributed by atoms with E-state index in [-0.39, 0.29) is 42.2 Å². The molecule has 0 unspecified atom stereocenters. The Bertz CT molecular complexity index is 1380. The number of nitrogens with one attached hydrogen (secondary N) is 2. The lowest BCUT2D eigenvalue weighted by molar-refractivity contribution is -0.137. The summed E-state index contributed by atoms with van der Waals surface area (Å²) >= 11 is 0. The Kier molecular flexibility index (Phi) is 7.80. The average molecular weight is 601 g/mol. The number of halogens is 3. The monoisotopic (exact) mass is 600 g/mol. The van der Waals surface area contributed by atoms with Gasteiger partial charge < -0.3 is 20.6 Å². The number of alkyl halides is 3. The molecule has 4 fully saturated rings. The molecule has 3 saturated heterocycles. The zero-order chi connectivity index (χ0) is 30.4. The topological polar surface area (TPSA) is 118 Å². The van der Waals surface area contributed by atoms with E-state index in [1.54, 1.807) is 22.1 Å². The molecule has 1 aromatic carbocycles. The Balaban J connectivity index is 1.01. The largest absolute Gasteiger partial charge is 0.416 e. The third kappa shape index (κ3) is 5.79. The van der Waals surface area contributed by atoms with Crippen molar-refractivity contribution in [1.82, 2.24) is 25.4 Å². The summed E-state index contributed by atoms with van der Waals surface area (Å²) in [6.45, 7) is 2.30. The predicted octanol–water partition coefficient (Wildman–Crippen LogP) is 2.87. The highest BCUT2D eigenvalue weighted by atomic mass is 19.4. The molecule has 1 aliphatic carbocycles. The highest BCUT2D eigenvalue weighted by Gasteiger charge is 2.48. The van der Waals surface area contributed by atoms with Crippen LogP contribution in [0.3, 0.4) is 0 Å². The van der Waals surface area contributed by atoms with Crippen molar-refractivity contribution in [2.24, 2.45) is 0 Å². The Hall–Kier alpha value is -3.71. The molecular weight excluding hydrogens is 565 g/mol. The molecule has 1 saturated carbocycles. The van der Waals surface area contributed by atoms with E-state index in [0.717, 1.165) is 44.4 Å². The van der Waals surface area contributed by atoms with Gasteiger partial charge in [-0.3, -0.25) is 24.4 Å². The lowest BCUT2D eigenvalue weighted by Gasteiger charge is -2.41. The molecule has 2 aromatic rings. The van der Waals surface area contributed by atoms with Gasteiger partial charge in [0.1, 0.15) is 5.60 Å². The third-order valence-electron chi connectivity index (χ3n) is 9.44. The fourth-order valence-electron chi connectivity index (χ4n) is 7.19. The molecule has 4 aliphatic rings. The second-order valence-corrected chi connectivity index (χ2v) is 11.8. The van der Waals surface area contributed by atoms with Crippen molar-refractivity contribution in [3.05, 3.63) is 59.4 Å². The lowest BCUT2D eigenvalue weighted by atomic mass is 9.79. The highest BCUT2D eigenvalue weighted by Crippen LogP contribution is 2.42. The number of rotatable bonds is 6. The number of nitrogens with zero attached hydrogens (tertiary/aromatic N) is 4. The molecule has 230 valence electrons. The smallest absolute Gasteiger partial charge is 0.384 e. The number of hydrogen-bond donors (Lipinski definition) is 3. The summed E-state index contributed by atoms with van der Waals surface area (Å²) in [5.41, 5.74) is -0.774. The SMILES string of the molecule is O=C(NCC(=O)N1CC[C@@H]2[C@H]1CCN2C1CCC(O)(c2ccc(N3CCNC3=O)cn2)CC1)c1cccc(C(F)(F)F)c1. The van der Waals surface area contributed by atoms with Crippen LogP contribution in [0.2, 0.25) is 0 Å². The van der Waals surface area contributed by atoms with Crippen LogP contribution in [0.1, 0.15) is 60.1 Å². The quantitative estimate of drug-likeness (QED) is 0.470. The lowest BCUT2D eigenvalue weighted by Crippen LogP contribution is -2.47. The van der Waals surface area contributed by atoms with Crippen molar-refractivity contribution in [2.75, 3.05) is 37.6 Å². The second kappa shape index (κ2) is 11.4. The van der Waals surface area contributed by atoms with E-state index in [2.05, 4.69) is 20.5 Å². The van der Waals surface area contributed by atoms with Crippen LogP contribution < -0.4 is 15.5 Å². The van der Waals surface area contributed by atoms with E-state index >= 15 is 0 Å². The minimum Gasteiger partial charge on any atom is -0.384 e. The minimum atomic E-state index is -4.56. The summed E-state index contributed by atoms with van der Waals surface area (Å²) in [5.74, 6) is -0.961. The molecule has 0 bridgehead atoms. The molecule has 43 heavy (non-hydrogen) atoms. The minimum absolute atomic E-state index is 0.0239. The average Bonchev–Trinajstić information content (AvgIpc) is 3.73. The van der Waals surface area contributed by atoms with Crippen LogP contribution in [0.4, 0.5) is 23.7 Å². The molecule has 2 atom stereocenters. The Morgan fingerprint density at radius 2 is 1.81 bits per heavy atom. The van der Waals surface area contributed by atoms with Crippen LogP contribution in [0.25, 0.3) is 0 Å². The number of benzene rings is 1. The van der Waals surface area contributed by atoms with Gasteiger partial charge in [0, 0.05) is 49.9 Å². The Labute approximate surface area is 247 Å². The van der Waals surface area contributed by atoms with Crippen LogP contribution in [-0.2, 0) is 16.6 Å². The number of fused-ring (bicyclic) bond motifs is 1. The van der Waals surface area contributed by atoms with E-state index < -0.39 is 23.2 Å². The van der Waals surface area contributed by atoms with Crippen molar-refractivity contribution >= 4 is 23.5 Å². The van der Waals surface area contributed by atoms with Crippen molar-refractivity contribution < 1.29 is 32.7 Å². The van der Waals surface area contributed by atoms with Gasteiger partial charge in [0.25, 0.3) is 5.91 Å². The molecule has 4 heterocycles. The van der Waals surface area contributed by atoms with E-state index in [1.807, 2.05) is 6.07 Å². The number of hydrogen-bond acceptors (Lipinski definition) is 6. The van der Waals surface area contributed by atoms with E-state index in [0.29, 0.717) is 43.9 Å². The first-order valence-electron chi connectivity index (χ1n) is 14.8. The van der Waals surface area contributed by atoms with Gasteiger partial charge in [0.05, 0.1) is 29.7 Å². The van der Waals surface area contributed by atoms with Gasteiger partial charge in [-0.2, -0.15) is 13.2 Å². The van der Waals surface area contributed by atoms with Gasteiger partial charge >= 0.3 is 12.2 Å². The number of carbonyl (C=O) groups excluding carboxylic acids is 3. The maximum Gasteiger partial charge on any atom is 0.416 e. The first-order chi connectivity index (χ1) is 20.5. The van der Waals surface area contributed by atoms with Gasteiger partial charge in [0.2, 0.25) is 5.91 Å². The molecule has 3 aliphatic heterocycles. The van der Waals surface area contributed by atoms with Crippen molar-refractivity contribution in [3.63, 3.8) is 0 Å². The number of amides is 4. The summed E-state index contributed by atoms with van der Waals surface area (Å²) in [6, 6.07) is 8.13. The zero-order valence-corrected chi connectivity index (χ0v) is 23.6. The van der Waals surface area contributed by atoms with Crippen LogP contribution >= 0.6 is 0 Å². The normalized spacial score (nSPS) is 27.7. The number of anilines is 1. The van der Waals surface area contributed by atoms with E-state index in [9.17, 15) is 32.7 Å². The molecule has 4 amide bonds. The second-order valence-electron chi connectivity index (χ2n) is 11.8. The summed E-state index contributed by atoms with van der Waals surface area (Å²) < 4.78 is 39.0. The predicted molar refractivity (Wildman–Crippen MR) is 150 cm³/mol. The maximum absolute atomic E-state index is 13.0. The molecule has 10 nitrogen and oxygen atoms in total. The fourth-order valence-corrected chi connectivity index (χ4v) is 7.19. The van der Waals surface area contributed by atoms with Gasteiger partial charge in [-0.15, -0.1) is 0 Å². The number of aromatic nitrogens is 1. The van der Waals surface area contributed by atoms with Crippen molar-refractivity contribution in [1.29, 1.82) is 0 Å². The molecule has 6 rings (SSSR count). The van der Waals surface area contributed by atoms with Gasteiger partial charge in [-0.1, -0.05) is 6.07 Å².